The smallest absolute Gasteiger partial charge is 0.255 e. The molecule has 0 saturated carbocycles. The Bertz CT molecular complexity index is 867. The van der Waals surface area contributed by atoms with Crippen molar-refractivity contribution in [2.24, 2.45) is 0 Å². The zero-order valence-electron chi connectivity index (χ0n) is 14.5. The summed E-state index contributed by atoms with van der Waals surface area (Å²) in [7, 11) is 0. The number of carbonyl (C=O) groups excluding carboxylic acids is 1. The molecule has 25 heavy (non-hydrogen) atoms. The fraction of sp³-hybridized carbons (Fsp3) is 0.190. The summed E-state index contributed by atoms with van der Waals surface area (Å²) in [6, 6.07) is 18.2. The maximum Gasteiger partial charge on any atom is 0.255 e. The Morgan fingerprint density at radius 1 is 1.04 bits per heavy atom. The molecule has 3 aromatic rings. The molecule has 4 heteroatoms. The van der Waals surface area contributed by atoms with Gasteiger partial charge in [-0.2, -0.15) is 0 Å². The van der Waals surface area contributed by atoms with Gasteiger partial charge in [-0.25, -0.2) is 0 Å². The molecule has 0 spiro atoms. The zero-order chi connectivity index (χ0) is 17.8. The third-order valence-electron chi connectivity index (χ3n) is 4.29. The van der Waals surface area contributed by atoms with Crippen molar-refractivity contribution >= 4 is 22.2 Å². The van der Waals surface area contributed by atoms with Crippen LogP contribution in [0, 0.1) is 6.92 Å². The van der Waals surface area contributed by atoms with Crippen molar-refractivity contribution in [3.05, 3.63) is 76.2 Å². The Kier molecular flexibility index (Phi) is 5.19. The molecule has 0 aliphatic rings. The van der Waals surface area contributed by atoms with Crippen molar-refractivity contribution < 1.29 is 4.79 Å². The molecule has 1 amide bonds. The van der Waals surface area contributed by atoms with Gasteiger partial charge in [-0.05, 0) is 30.0 Å². The van der Waals surface area contributed by atoms with Crippen molar-refractivity contribution in [2.75, 3.05) is 5.73 Å². The minimum atomic E-state index is -0.125. The number of carbonyl (C=O) groups is 1. The summed E-state index contributed by atoms with van der Waals surface area (Å²) in [5, 5.41) is 3.56. The van der Waals surface area contributed by atoms with Crippen molar-refractivity contribution in [2.45, 2.75) is 26.8 Å². The molecule has 0 aliphatic carbocycles. The summed E-state index contributed by atoms with van der Waals surface area (Å²) >= 11 is 1.47. The second-order valence-corrected chi connectivity index (χ2v) is 7.25. The van der Waals surface area contributed by atoms with Crippen LogP contribution in [-0.4, -0.2) is 5.91 Å². The maximum absolute atomic E-state index is 12.8. The van der Waals surface area contributed by atoms with Crippen molar-refractivity contribution in [3.8, 4) is 11.1 Å². The Hall–Kier alpha value is -2.59. The van der Waals surface area contributed by atoms with E-state index in [1.165, 1.54) is 16.9 Å². The summed E-state index contributed by atoms with van der Waals surface area (Å²) in [5.41, 5.74) is 11.1. The molecular weight excluding hydrogens is 328 g/mol. The van der Waals surface area contributed by atoms with E-state index in [1.807, 2.05) is 37.3 Å². The quantitative estimate of drug-likeness (QED) is 0.694. The molecule has 0 unspecified atom stereocenters. The number of thiophene rings is 1. The van der Waals surface area contributed by atoms with Crippen LogP contribution >= 0.6 is 11.3 Å². The number of benzene rings is 2. The number of hydrogen-bond acceptors (Lipinski definition) is 3. The van der Waals surface area contributed by atoms with Gasteiger partial charge >= 0.3 is 0 Å². The van der Waals surface area contributed by atoms with Crippen LogP contribution in [-0.2, 0) is 13.0 Å². The molecule has 2 aromatic carbocycles. The average molecular weight is 350 g/mol. The second-order valence-electron chi connectivity index (χ2n) is 5.99. The fourth-order valence-electron chi connectivity index (χ4n) is 2.91. The standard InChI is InChI=1S/C21H22N2OS/c1-3-15-9-11-17(12-10-15)18-14(2)25-20(22)19(18)21(24)23-13-16-7-5-4-6-8-16/h4-12H,3,13,22H2,1-2H3,(H,23,24). The number of nitrogens with two attached hydrogens (primary N) is 1. The number of rotatable bonds is 5. The SMILES string of the molecule is CCc1ccc(-c2c(C)sc(N)c2C(=O)NCc2ccccc2)cc1. The lowest BCUT2D eigenvalue weighted by atomic mass is 9.99. The van der Waals surface area contributed by atoms with Crippen molar-refractivity contribution in [1.29, 1.82) is 0 Å². The normalized spacial score (nSPS) is 10.6. The van der Waals surface area contributed by atoms with Crippen LogP contribution in [0.2, 0.25) is 0 Å². The van der Waals surface area contributed by atoms with E-state index in [-0.39, 0.29) is 5.91 Å². The van der Waals surface area contributed by atoms with Crippen LogP contribution < -0.4 is 11.1 Å². The van der Waals surface area contributed by atoms with Gasteiger partial charge < -0.3 is 11.1 Å². The highest BCUT2D eigenvalue weighted by Crippen LogP contribution is 2.38. The van der Waals surface area contributed by atoms with E-state index >= 15 is 0 Å². The van der Waals surface area contributed by atoms with Gasteiger partial charge in [0, 0.05) is 17.0 Å². The molecule has 1 aromatic heterocycles. The number of aryl methyl sites for hydroxylation is 2. The fourth-order valence-corrected chi connectivity index (χ4v) is 3.86. The third-order valence-corrected chi connectivity index (χ3v) is 5.22. The van der Waals surface area contributed by atoms with Crippen LogP contribution in [0.1, 0.15) is 33.3 Å². The number of anilines is 1. The topological polar surface area (TPSA) is 55.1 Å². The molecular formula is C21H22N2OS. The summed E-state index contributed by atoms with van der Waals surface area (Å²) in [6.07, 6.45) is 0.995. The summed E-state index contributed by atoms with van der Waals surface area (Å²) in [6.45, 7) is 4.63. The molecule has 0 bridgehead atoms. The summed E-state index contributed by atoms with van der Waals surface area (Å²) in [5.74, 6) is -0.125. The number of amides is 1. The van der Waals surface area contributed by atoms with Gasteiger partial charge in [0.2, 0.25) is 0 Å². The summed E-state index contributed by atoms with van der Waals surface area (Å²) < 4.78 is 0. The molecule has 0 aliphatic heterocycles. The third kappa shape index (κ3) is 3.74. The molecule has 0 fully saturated rings. The van der Waals surface area contributed by atoms with Gasteiger partial charge in [0.25, 0.3) is 5.91 Å². The van der Waals surface area contributed by atoms with E-state index in [1.54, 1.807) is 0 Å². The molecule has 3 N–H and O–H groups in total. The van der Waals surface area contributed by atoms with E-state index in [0.29, 0.717) is 17.1 Å². The lowest BCUT2D eigenvalue weighted by Gasteiger charge is -2.09. The minimum Gasteiger partial charge on any atom is -0.390 e. The van der Waals surface area contributed by atoms with Gasteiger partial charge in [-0.3, -0.25) is 4.79 Å². The van der Waals surface area contributed by atoms with E-state index in [2.05, 4.69) is 36.5 Å². The Balaban J connectivity index is 1.89. The van der Waals surface area contributed by atoms with Crippen LogP contribution in [0.3, 0.4) is 0 Å². The van der Waals surface area contributed by atoms with E-state index in [0.717, 1.165) is 28.0 Å². The molecule has 3 nitrogen and oxygen atoms in total. The Morgan fingerprint density at radius 3 is 2.36 bits per heavy atom. The number of nitrogen functional groups attached to an aromatic ring is 1. The van der Waals surface area contributed by atoms with Gasteiger partial charge in [-0.1, -0.05) is 61.5 Å². The lowest BCUT2D eigenvalue weighted by Crippen LogP contribution is -2.23. The molecule has 3 rings (SSSR count). The average Bonchev–Trinajstić information content (AvgIpc) is 2.94. The first-order valence-corrected chi connectivity index (χ1v) is 9.22. The Labute approximate surface area is 152 Å². The highest BCUT2D eigenvalue weighted by Gasteiger charge is 2.21. The Morgan fingerprint density at radius 2 is 1.72 bits per heavy atom. The van der Waals surface area contributed by atoms with E-state index < -0.39 is 0 Å². The zero-order valence-corrected chi connectivity index (χ0v) is 15.3. The van der Waals surface area contributed by atoms with Gasteiger partial charge in [-0.15, -0.1) is 11.3 Å². The van der Waals surface area contributed by atoms with Crippen LogP contribution in [0.4, 0.5) is 5.00 Å². The van der Waals surface area contributed by atoms with Gasteiger partial charge in [0.1, 0.15) is 0 Å². The lowest BCUT2D eigenvalue weighted by molar-refractivity contribution is 0.0953. The van der Waals surface area contributed by atoms with Crippen molar-refractivity contribution in [3.63, 3.8) is 0 Å². The minimum absolute atomic E-state index is 0.125. The molecule has 0 saturated heterocycles. The number of hydrogen-bond donors (Lipinski definition) is 2. The molecule has 1 heterocycles. The predicted octanol–water partition coefficient (Wildman–Crippen LogP) is 4.80. The first kappa shape index (κ1) is 17.2. The summed E-state index contributed by atoms with van der Waals surface area (Å²) in [4.78, 5) is 13.8. The van der Waals surface area contributed by atoms with Gasteiger partial charge in [0.05, 0.1) is 10.6 Å². The highest BCUT2D eigenvalue weighted by atomic mass is 32.1. The van der Waals surface area contributed by atoms with Gasteiger partial charge in [0.15, 0.2) is 0 Å². The van der Waals surface area contributed by atoms with E-state index in [9.17, 15) is 4.79 Å². The first-order valence-electron chi connectivity index (χ1n) is 8.40. The first-order chi connectivity index (χ1) is 12.1. The predicted molar refractivity (Wildman–Crippen MR) is 106 cm³/mol. The second kappa shape index (κ2) is 7.53. The van der Waals surface area contributed by atoms with Crippen molar-refractivity contribution in [1.82, 2.24) is 5.32 Å². The van der Waals surface area contributed by atoms with Crippen LogP contribution in [0.15, 0.2) is 54.6 Å². The maximum atomic E-state index is 12.8. The molecule has 0 atom stereocenters. The van der Waals surface area contributed by atoms with E-state index in [4.69, 9.17) is 5.73 Å². The van der Waals surface area contributed by atoms with Crippen LogP contribution in [0.25, 0.3) is 11.1 Å². The molecule has 0 radical (unpaired) electrons. The highest BCUT2D eigenvalue weighted by molar-refractivity contribution is 7.16. The number of nitrogens with one attached hydrogen (secondary N) is 1. The monoisotopic (exact) mass is 350 g/mol. The van der Waals surface area contributed by atoms with Crippen LogP contribution in [0.5, 0.6) is 0 Å². The molecule has 128 valence electrons. The largest absolute Gasteiger partial charge is 0.390 e.